The number of fused-ring (bicyclic) bond motifs is 1. The second kappa shape index (κ2) is 7.58. The van der Waals surface area contributed by atoms with Crippen LogP contribution in [0, 0.1) is 6.92 Å². The van der Waals surface area contributed by atoms with Gasteiger partial charge >= 0.3 is 6.03 Å². The Balaban J connectivity index is 1.17. The molecule has 30 heavy (non-hydrogen) atoms. The third-order valence-corrected chi connectivity index (χ3v) is 5.21. The second-order valence-electron chi connectivity index (χ2n) is 7.16. The molecule has 0 radical (unpaired) electrons. The lowest BCUT2D eigenvalue weighted by Crippen LogP contribution is -2.50. The molecule has 2 aliphatic heterocycles. The normalized spacial score (nSPS) is 15.4. The molecule has 9 heteroatoms. The molecule has 0 saturated carbocycles. The Labute approximate surface area is 173 Å². The minimum Gasteiger partial charge on any atom is -0.454 e. The van der Waals surface area contributed by atoms with Crippen LogP contribution in [0.15, 0.2) is 47.0 Å². The first-order valence-electron chi connectivity index (χ1n) is 9.77. The van der Waals surface area contributed by atoms with E-state index in [9.17, 15) is 4.79 Å². The summed E-state index contributed by atoms with van der Waals surface area (Å²) >= 11 is 0. The summed E-state index contributed by atoms with van der Waals surface area (Å²) in [6, 6.07) is 13.3. The van der Waals surface area contributed by atoms with E-state index in [2.05, 4.69) is 20.4 Å². The van der Waals surface area contributed by atoms with Crippen molar-refractivity contribution in [3.63, 3.8) is 0 Å². The van der Waals surface area contributed by atoms with Crippen LogP contribution in [-0.4, -0.2) is 54.0 Å². The van der Waals surface area contributed by atoms with Gasteiger partial charge in [-0.2, -0.15) is 4.98 Å². The van der Waals surface area contributed by atoms with Crippen molar-refractivity contribution in [2.45, 2.75) is 6.92 Å². The number of aromatic nitrogens is 2. The standard InChI is InChI=1S/C21H21N5O4/c1-14-22-20(24-30-14)15-2-5-17(6-3-15)25-8-10-26(11-9-25)21(27)23-16-4-7-18-19(12-16)29-13-28-18/h2-7,12H,8-11,13H2,1H3,(H,23,27). The first-order chi connectivity index (χ1) is 14.7. The van der Waals surface area contributed by atoms with Crippen LogP contribution >= 0.6 is 0 Å². The number of hydrogen-bond donors (Lipinski definition) is 1. The van der Waals surface area contributed by atoms with Gasteiger partial charge in [0.2, 0.25) is 18.5 Å². The number of amides is 2. The highest BCUT2D eigenvalue weighted by Gasteiger charge is 2.22. The average Bonchev–Trinajstić information content (AvgIpc) is 3.42. The number of hydrogen-bond acceptors (Lipinski definition) is 7. The monoisotopic (exact) mass is 407 g/mol. The van der Waals surface area contributed by atoms with E-state index in [0.717, 1.165) is 24.3 Å². The maximum absolute atomic E-state index is 12.6. The molecule has 154 valence electrons. The van der Waals surface area contributed by atoms with Gasteiger partial charge < -0.3 is 29.1 Å². The number of urea groups is 1. The second-order valence-corrected chi connectivity index (χ2v) is 7.16. The smallest absolute Gasteiger partial charge is 0.321 e. The van der Waals surface area contributed by atoms with E-state index < -0.39 is 0 Å². The van der Waals surface area contributed by atoms with Crippen LogP contribution in [0.25, 0.3) is 11.4 Å². The number of carbonyl (C=O) groups excluding carboxylic acids is 1. The molecule has 5 rings (SSSR count). The topological polar surface area (TPSA) is 93.0 Å². The lowest BCUT2D eigenvalue weighted by molar-refractivity contribution is 0.174. The van der Waals surface area contributed by atoms with Gasteiger partial charge in [0.1, 0.15) is 0 Å². The summed E-state index contributed by atoms with van der Waals surface area (Å²) < 4.78 is 15.7. The molecule has 2 aliphatic rings. The van der Waals surface area contributed by atoms with Crippen molar-refractivity contribution in [2.24, 2.45) is 0 Å². The predicted molar refractivity (Wildman–Crippen MR) is 110 cm³/mol. The molecule has 1 saturated heterocycles. The zero-order chi connectivity index (χ0) is 20.5. The molecule has 0 unspecified atom stereocenters. The summed E-state index contributed by atoms with van der Waals surface area (Å²) in [6.45, 7) is 4.78. The van der Waals surface area contributed by atoms with Crippen LogP contribution < -0.4 is 19.7 Å². The summed E-state index contributed by atoms with van der Waals surface area (Å²) in [6.07, 6.45) is 0. The number of aryl methyl sites for hydroxylation is 1. The number of anilines is 2. The Morgan fingerprint density at radius 2 is 1.77 bits per heavy atom. The average molecular weight is 407 g/mol. The molecule has 1 aromatic heterocycles. The fourth-order valence-electron chi connectivity index (χ4n) is 3.58. The summed E-state index contributed by atoms with van der Waals surface area (Å²) in [7, 11) is 0. The third kappa shape index (κ3) is 3.61. The van der Waals surface area contributed by atoms with Gasteiger partial charge in [0.15, 0.2) is 11.5 Å². The van der Waals surface area contributed by atoms with E-state index in [4.69, 9.17) is 14.0 Å². The number of carbonyl (C=O) groups is 1. The summed E-state index contributed by atoms with van der Waals surface area (Å²) in [5.74, 6) is 2.48. The van der Waals surface area contributed by atoms with Gasteiger partial charge in [-0.25, -0.2) is 4.79 Å². The predicted octanol–water partition coefficient (Wildman–Crippen LogP) is 3.13. The number of piperazine rings is 1. The lowest BCUT2D eigenvalue weighted by atomic mass is 10.1. The van der Waals surface area contributed by atoms with Crippen molar-refractivity contribution in [3.8, 4) is 22.9 Å². The first-order valence-corrected chi connectivity index (χ1v) is 9.77. The molecule has 0 aliphatic carbocycles. The van der Waals surface area contributed by atoms with Gasteiger partial charge in [-0.3, -0.25) is 0 Å². The van der Waals surface area contributed by atoms with Crippen molar-refractivity contribution in [1.82, 2.24) is 15.0 Å². The van der Waals surface area contributed by atoms with Crippen LogP contribution in [0.2, 0.25) is 0 Å². The number of rotatable bonds is 3. The number of nitrogens with one attached hydrogen (secondary N) is 1. The Morgan fingerprint density at radius 3 is 2.50 bits per heavy atom. The summed E-state index contributed by atoms with van der Waals surface area (Å²) in [4.78, 5) is 20.9. The van der Waals surface area contributed by atoms with Crippen molar-refractivity contribution in [3.05, 3.63) is 48.4 Å². The first kappa shape index (κ1) is 18.3. The quantitative estimate of drug-likeness (QED) is 0.713. The molecule has 2 aromatic carbocycles. The lowest BCUT2D eigenvalue weighted by Gasteiger charge is -2.36. The van der Waals surface area contributed by atoms with Crippen molar-refractivity contribution in [1.29, 1.82) is 0 Å². The summed E-state index contributed by atoms with van der Waals surface area (Å²) in [5.41, 5.74) is 2.71. The Bertz CT molecular complexity index is 1060. The van der Waals surface area contributed by atoms with E-state index in [0.29, 0.717) is 42.0 Å². The van der Waals surface area contributed by atoms with Crippen LogP contribution in [0.1, 0.15) is 5.89 Å². The molecule has 0 atom stereocenters. The van der Waals surface area contributed by atoms with Gasteiger partial charge in [0.05, 0.1) is 0 Å². The van der Waals surface area contributed by atoms with Crippen LogP contribution in [0.3, 0.4) is 0 Å². The van der Waals surface area contributed by atoms with Gasteiger partial charge in [-0.1, -0.05) is 5.16 Å². The molecule has 2 amide bonds. The fraction of sp³-hybridized carbons (Fsp3) is 0.286. The molecular formula is C21H21N5O4. The van der Waals surface area contributed by atoms with Gasteiger partial charge in [0.25, 0.3) is 0 Å². The molecular weight excluding hydrogens is 386 g/mol. The van der Waals surface area contributed by atoms with Crippen molar-refractivity contribution in [2.75, 3.05) is 43.2 Å². The molecule has 3 heterocycles. The highest BCUT2D eigenvalue weighted by Crippen LogP contribution is 2.34. The maximum Gasteiger partial charge on any atom is 0.321 e. The van der Waals surface area contributed by atoms with Crippen molar-refractivity contribution >= 4 is 17.4 Å². The largest absolute Gasteiger partial charge is 0.454 e. The summed E-state index contributed by atoms with van der Waals surface area (Å²) in [5, 5.41) is 6.88. The molecule has 1 N–H and O–H groups in total. The minimum atomic E-state index is -0.115. The van der Waals surface area contributed by atoms with E-state index in [1.807, 2.05) is 35.2 Å². The number of ether oxygens (including phenoxy) is 2. The van der Waals surface area contributed by atoms with Crippen LogP contribution in [0.5, 0.6) is 11.5 Å². The molecule has 0 bridgehead atoms. The Hall–Kier alpha value is -3.75. The van der Waals surface area contributed by atoms with Gasteiger partial charge in [0, 0.05) is 56.1 Å². The maximum atomic E-state index is 12.6. The van der Waals surface area contributed by atoms with Crippen LogP contribution in [0.4, 0.5) is 16.2 Å². The number of nitrogens with zero attached hydrogens (tertiary/aromatic N) is 4. The minimum absolute atomic E-state index is 0.115. The van der Waals surface area contributed by atoms with Gasteiger partial charge in [-0.05, 0) is 36.4 Å². The zero-order valence-corrected chi connectivity index (χ0v) is 16.5. The van der Waals surface area contributed by atoms with Crippen LogP contribution in [-0.2, 0) is 0 Å². The van der Waals surface area contributed by atoms with Crippen molar-refractivity contribution < 1.29 is 18.8 Å². The number of benzene rings is 2. The van der Waals surface area contributed by atoms with E-state index >= 15 is 0 Å². The highest BCUT2D eigenvalue weighted by atomic mass is 16.7. The van der Waals surface area contributed by atoms with Gasteiger partial charge in [-0.15, -0.1) is 0 Å². The highest BCUT2D eigenvalue weighted by molar-refractivity contribution is 5.90. The van der Waals surface area contributed by atoms with E-state index in [-0.39, 0.29) is 12.8 Å². The van der Waals surface area contributed by atoms with E-state index in [1.165, 1.54) is 0 Å². The Kier molecular flexibility index (Phi) is 4.62. The molecule has 1 fully saturated rings. The Morgan fingerprint density at radius 1 is 1.00 bits per heavy atom. The molecule has 9 nitrogen and oxygen atoms in total. The molecule has 3 aromatic rings. The third-order valence-electron chi connectivity index (χ3n) is 5.21. The van der Waals surface area contributed by atoms with E-state index in [1.54, 1.807) is 19.1 Å². The zero-order valence-electron chi connectivity index (χ0n) is 16.5. The fourth-order valence-corrected chi connectivity index (χ4v) is 3.58. The molecule has 0 spiro atoms. The SMILES string of the molecule is Cc1nc(-c2ccc(N3CCN(C(=O)Nc4ccc5c(c4)OCO5)CC3)cc2)no1.